The van der Waals surface area contributed by atoms with E-state index in [4.69, 9.17) is 4.74 Å². The zero-order chi connectivity index (χ0) is 18.4. The lowest BCUT2D eigenvalue weighted by molar-refractivity contribution is 0.137. The van der Waals surface area contributed by atoms with Gasteiger partial charge < -0.3 is 9.84 Å². The number of ether oxygens (including phenoxy) is 1. The van der Waals surface area contributed by atoms with Crippen LogP contribution in [0.1, 0.15) is 11.1 Å². The van der Waals surface area contributed by atoms with Crippen LogP contribution in [0.3, 0.4) is 0 Å². The van der Waals surface area contributed by atoms with E-state index in [1.165, 1.54) is 11.1 Å². The Bertz CT molecular complexity index is 741. The molecule has 1 N–H and O–H groups in total. The monoisotopic (exact) mass is 464 g/mol. The minimum atomic E-state index is 0.229. The normalized spacial score (nSPS) is 16.2. The highest BCUT2D eigenvalue weighted by molar-refractivity contribution is 14.1. The number of piperazine rings is 1. The Kier molecular flexibility index (Phi) is 6.93. The molecule has 0 radical (unpaired) electrons. The molecule has 3 rings (SSSR count). The molecule has 2 aromatic carbocycles. The molecule has 138 valence electrons. The van der Waals surface area contributed by atoms with Gasteiger partial charge >= 0.3 is 0 Å². The van der Waals surface area contributed by atoms with Crippen LogP contribution in [0.5, 0.6) is 11.5 Å². The van der Waals surface area contributed by atoms with Crippen LogP contribution in [0.2, 0.25) is 0 Å². The van der Waals surface area contributed by atoms with Gasteiger partial charge in [0.05, 0.1) is 10.7 Å². The number of nitrogens with zero attached hydrogens (tertiary/aromatic N) is 2. The number of phenolic OH excluding ortho intramolecular Hbond substituents is 1. The van der Waals surface area contributed by atoms with E-state index >= 15 is 0 Å². The van der Waals surface area contributed by atoms with E-state index in [0.29, 0.717) is 5.75 Å². The molecule has 4 nitrogen and oxygen atoms in total. The van der Waals surface area contributed by atoms with Crippen LogP contribution in [-0.2, 0) is 6.54 Å². The summed E-state index contributed by atoms with van der Waals surface area (Å²) >= 11 is 2.15. The Hall–Kier alpha value is -1.57. The summed E-state index contributed by atoms with van der Waals surface area (Å²) in [5, 5.41) is 9.97. The van der Waals surface area contributed by atoms with Crippen molar-refractivity contribution < 1.29 is 9.84 Å². The average molecular weight is 464 g/mol. The van der Waals surface area contributed by atoms with E-state index in [-0.39, 0.29) is 5.75 Å². The number of benzene rings is 2. The Morgan fingerprint density at radius 1 is 1.08 bits per heavy atom. The third kappa shape index (κ3) is 5.22. The Morgan fingerprint density at radius 3 is 2.46 bits per heavy atom. The SMILES string of the molecule is COc1cc(CN2CCN(C/C=C/c3ccccc3)CC2)cc(I)c1O. The summed E-state index contributed by atoms with van der Waals surface area (Å²) in [6.45, 7) is 6.14. The third-order valence-corrected chi connectivity index (χ3v) is 5.48. The van der Waals surface area contributed by atoms with Crippen LogP contribution in [-0.4, -0.2) is 54.7 Å². The van der Waals surface area contributed by atoms with Gasteiger partial charge in [-0.25, -0.2) is 0 Å². The van der Waals surface area contributed by atoms with E-state index in [2.05, 4.69) is 68.8 Å². The maximum absolute atomic E-state index is 9.97. The molecule has 1 heterocycles. The number of phenols is 1. The molecular weight excluding hydrogens is 439 g/mol. The largest absolute Gasteiger partial charge is 0.504 e. The van der Waals surface area contributed by atoms with Crippen molar-refractivity contribution in [3.63, 3.8) is 0 Å². The molecule has 0 atom stereocenters. The van der Waals surface area contributed by atoms with Crippen LogP contribution in [0, 0.1) is 3.57 Å². The van der Waals surface area contributed by atoms with Gasteiger partial charge in [0.2, 0.25) is 0 Å². The van der Waals surface area contributed by atoms with Gasteiger partial charge in [0, 0.05) is 39.3 Å². The molecule has 0 spiro atoms. The molecule has 2 aromatic rings. The fraction of sp³-hybridized carbons (Fsp3) is 0.333. The summed E-state index contributed by atoms with van der Waals surface area (Å²) in [7, 11) is 1.59. The molecule has 1 fully saturated rings. The van der Waals surface area contributed by atoms with Crippen molar-refractivity contribution in [2.75, 3.05) is 39.8 Å². The lowest BCUT2D eigenvalue weighted by Gasteiger charge is -2.34. The second kappa shape index (κ2) is 9.39. The van der Waals surface area contributed by atoms with Gasteiger partial charge in [-0.05, 0) is 45.9 Å². The fourth-order valence-corrected chi connectivity index (χ4v) is 3.83. The first-order valence-electron chi connectivity index (χ1n) is 8.87. The van der Waals surface area contributed by atoms with Crippen LogP contribution >= 0.6 is 22.6 Å². The van der Waals surface area contributed by atoms with Gasteiger partial charge in [-0.1, -0.05) is 42.5 Å². The maximum atomic E-state index is 9.97. The van der Waals surface area contributed by atoms with Crippen molar-refractivity contribution in [3.8, 4) is 11.5 Å². The Balaban J connectivity index is 1.48. The lowest BCUT2D eigenvalue weighted by Crippen LogP contribution is -2.45. The van der Waals surface area contributed by atoms with Gasteiger partial charge in [0.15, 0.2) is 11.5 Å². The van der Waals surface area contributed by atoms with Gasteiger partial charge in [-0.3, -0.25) is 9.80 Å². The van der Waals surface area contributed by atoms with Crippen molar-refractivity contribution in [1.29, 1.82) is 0 Å². The lowest BCUT2D eigenvalue weighted by atomic mass is 10.1. The number of methoxy groups -OCH3 is 1. The van der Waals surface area contributed by atoms with Gasteiger partial charge in [0.25, 0.3) is 0 Å². The molecule has 26 heavy (non-hydrogen) atoms. The molecule has 5 heteroatoms. The van der Waals surface area contributed by atoms with Crippen molar-refractivity contribution in [1.82, 2.24) is 9.80 Å². The smallest absolute Gasteiger partial charge is 0.171 e. The van der Waals surface area contributed by atoms with Crippen molar-refractivity contribution in [2.24, 2.45) is 0 Å². The van der Waals surface area contributed by atoms with Gasteiger partial charge in [-0.2, -0.15) is 0 Å². The number of hydrogen-bond acceptors (Lipinski definition) is 4. The number of rotatable bonds is 6. The zero-order valence-electron chi connectivity index (χ0n) is 15.1. The van der Waals surface area contributed by atoms with E-state index in [9.17, 15) is 5.11 Å². The van der Waals surface area contributed by atoms with E-state index < -0.39 is 0 Å². The third-order valence-electron chi connectivity index (χ3n) is 4.65. The van der Waals surface area contributed by atoms with Crippen molar-refractivity contribution in [3.05, 3.63) is 63.2 Å². The molecule has 0 aromatic heterocycles. The first-order chi connectivity index (χ1) is 12.7. The highest BCUT2D eigenvalue weighted by atomic mass is 127. The molecule has 0 saturated carbocycles. The number of aromatic hydroxyl groups is 1. The molecule has 1 aliphatic rings. The van der Waals surface area contributed by atoms with E-state index in [1.807, 2.05) is 18.2 Å². The van der Waals surface area contributed by atoms with Crippen LogP contribution in [0.4, 0.5) is 0 Å². The predicted molar refractivity (Wildman–Crippen MR) is 115 cm³/mol. The number of halogens is 1. The summed E-state index contributed by atoms with van der Waals surface area (Å²) in [5.74, 6) is 0.781. The zero-order valence-corrected chi connectivity index (χ0v) is 17.2. The summed E-state index contributed by atoms with van der Waals surface area (Å²) in [6.07, 6.45) is 4.44. The molecule has 1 aliphatic heterocycles. The second-order valence-corrected chi connectivity index (χ2v) is 7.68. The summed E-state index contributed by atoms with van der Waals surface area (Å²) in [4.78, 5) is 4.94. The standard InChI is InChI=1S/C21H25IN2O2/c1-26-20-15-18(14-19(22)21(20)25)16-24-12-10-23(11-13-24)9-5-8-17-6-3-2-4-7-17/h2-8,14-15,25H,9-13,16H2,1H3/b8-5+. The van der Waals surface area contributed by atoms with Gasteiger partial charge in [0.1, 0.15) is 0 Å². The molecule has 0 unspecified atom stereocenters. The topological polar surface area (TPSA) is 35.9 Å². The first-order valence-corrected chi connectivity index (χ1v) is 9.95. The molecule has 0 bridgehead atoms. The van der Waals surface area contributed by atoms with Crippen LogP contribution in [0.25, 0.3) is 6.08 Å². The van der Waals surface area contributed by atoms with Crippen LogP contribution < -0.4 is 4.74 Å². The summed E-state index contributed by atoms with van der Waals surface area (Å²) in [5.41, 5.74) is 2.43. The minimum Gasteiger partial charge on any atom is -0.504 e. The summed E-state index contributed by atoms with van der Waals surface area (Å²) < 4.78 is 6.10. The Labute approximate surface area is 169 Å². The quantitative estimate of drug-likeness (QED) is 0.660. The highest BCUT2D eigenvalue weighted by Crippen LogP contribution is 2.32. The predicted octanol–water partition coefficient (Wildman–Crippen LogP) is 3.84. The average Bonchev–Trinajstić information content (AvgIpc) is 2.67. The van der Waals surface area contributed by atoms with E-state index in [0.717, 1.165) is 42.8 Å². The Morgan fingerprint density at radius 2 is 1.77 bits per heavy atom. The molecule has 0 amide bonds. The van der Waals surface area contributed by atoms with Crippen molar-refractivity contribution in [2.45, 2.75) is 6.54 Å². The summed E-state index contributed by atoms with van der Waals surface area (Å²) in [6, 6.07) is 14.4. The molecule has 0 aliphatic carbocycles. The van der Waals surface area contributed by atoms with E-state index in [1.54, 1.807) is 7.11 Å². The number of hydrogen-bond donors (Lipinski definition) is 1. The van der Waals surface area contributed by atoms with Crippen LogP contribution in [0.15, 0.2) is 48.5 Å². The first kappa shape index (κ1) is 19.2. The van der Waals surface area contributed by atoms with Gasteiger partial charge in [-0.15, -0.1) is 0 Å². The van der Waals surface area contributed by atoms with Crippen molar-refractivity contribution >= 4 is 28.7 Å². The fourth-order valence-electron chi connectivity index (χ4n) is 3.16. The minimum absolute atomic E-state index is 0.229. The molecule has 1 saturated heterocycles. The highest BCUT2D eigenvalue weighted by Gasteiger charge is 2.17. The second-order valence-electron chi connectivity index (χ2n) is 6.52. The molecular formula is C21H25IN2O2. The maximum Gasteiger partial charge on any atom is 0.171 e.